The van der Waals surface area contributed by atoms with Crippen LogP contribution in [0, 0.1) is 6.92 Å². The van der Waals surface area contributed by atoms with Crippen LogP contribution in [-0.2, 0) is 9.53 Å². The van der Waals surface area contributed by atoms with Crippen LogP contribution in [0.25, 0.3) is 5.69 Å². The second-order valence-electron chi connectivity index (χ2n) is 8.40. The van der Waals surface area contributed by atoms with Crippen molar-refractivity contribution in [3.63, 3.8) is 0 Å². The van der Waals surface area contributed by atoms with E-state index in [0.29, 0.717) is 32.1 Å². The summed E-state index contributed by atoms with van der Waals surface area (Å²) in [5.41, 5.74) is 2.19. The number of carbonyl (C=O) groups is 1. The molecule has 2 saturated heterocycles. The molecule has 178 valence electrons. The Morgan fingerprint density at radius 1 is 0.941 bits per heavy atom. The number of anilines is 2. The molecule has 5 rings (SSSR count). The van der Waals surface area contributed by atoms with Gasteiger partial charge in [0, 0.05) is 45.5 Å². The fraction of sp³-hybridized carbons (Fsp3) is 0.417. The second kappa shape index (κ2) is 10.4. The Morgan fingerprint density at radius 2 is 1.71 bits per heavy atom. The van der Waals surface area contributed by atoms with E-state index in [2.05, 4.69) is 60.7 Å². The summed E-state index contributed by atoms with van der Waals surface area (Å²) in [6.07, 6.45) is 1.80. The molecular formula is C24H29N7O2S. The lowest BCUT2D eigenvalue weighted by Gasteiger charge is -2.35. The minimum atomic E-state index is 0.122. The molecule has 10 heteroatoms. The molecule has 0 radical (unpaired) electrons. The molecule has 9 nitrogen and oxygen atoms in total. The van der Waals surface area contributed by atoms with Crippen molar-refractivity contribution in [3.8, 4) is 5.69 Å². The first kappa shape index (κ1) is 22.7. The molecule has 0 N–H and O–H groups in total. The monoisotopic (exact) mass is 479 g/mol. The zero-order valence-corrected chi connectivity index (χ0v) is 20.2. The molecule has 2 fully saturated rings. The number of amides is 1. The highest BCUT2D eigenvalue weighted by atomic mass is 32.2. The molecule has 1 amide bonds. The van der Waals surface area contributed by atoms with E-state index in [-0.39, 0.29) is 5.91 Å². The molecular weight excluding hydrogens is 450 g/mol. The van der Waals surface area contributed by atoms with E-state index in [1.54, 1.807) is 6.20 Å². The Hall–Kier alpha value is -3.11. The Balaban J connectivity index is 1.26. The number of rotatable bonds is 6. The van der Waals surface area contributed by atoms with Crippen molar-refractivity contribution in [2.45, 2.75) is 12.1 Å². The summed E-state index contributed by atoms with van der Waals surface area (Å²) in [5.74, 6) is 2.21. The number of benzene rings is 1. The van der Waals surface area contributed by atoms with Gasteiger partial charge in [0.15, 0.2) is 5.16 Å². The smallest absolute Gasteiger partial charge is 0.233 e. The Bertz CT molecular complexity index is 1090. The summed E-state index contributed by atoms with van der Waals surface area (Å²) in [7, 11) is 0. The van der Waals surface area contributed by atoms with Crippen LogP contribution in [0.2, 0.25) is 0 Å². The summed E-state index contributed by atoms with van der Waals surface area (Å²) in [4.78, 5) is 23.8. The quantitative estimate of drug-likeness (QED) is 0.498. The second-order valence-corrected chi connectivity index (χ2v) is 9.34. The molecule has 4 heterocycles. The number of carbonyl (C=O) groups excluding carboxylic acids is 1. The first-order valence-electron chi connectivity index (χ1n) is 11.6. The van der Waals surface area contributed by atoms with Gasteiger partial charge in [-0.05, 0) is 31.2 Å². The molecule has 1 aromatic carbocycles. The van der Waals surface area contributed by atoms with Crippen molar-refractivity contribution >= 4 is 29.4 Å². The highest BCUT2D eigenvalue weighted by Gasteiger charge is 2.25. The van der Waals surface area contributed by atoms with Crippen LogP contribution < -0.4 is 9.80 Å². The van der Waals surface area contributed by atoms with E-state index >= 15 is 0 Å². The summed E-state index contributed by atoms with van der Waals surface area (Å²) in [5, 5.41) is 9.69. The summed E-state index contributed by atoms with van der Waals surface area (Å²) < 4.78 is 7.57. The molecule has 0 aliphatic carbocycles. The van der Waals surface area contributed by atoms with Gasteiger partial charge in [0.05, 0.1) is 24.7 Å². The van der Waals surface area contributed by atoms with E-state index in [0.717, 1.165) is 48.8 Å². The molecule has 3 aromatic rings. The molecule has 0 saturated carbocycles. The number of nitrogens with zero attached hydrogens (tertiary/aromatic N) is 7. The standard InChI is InChI=1S/C24H29N7O2S/c1-19-5-7-20(8-6-19)31-23(30-14-16-33-17-15-30)26-27-24(31)34-18-22(32)29-12-10-28(11-13-29)21-4-2-3-9-25-21/h2-9H,10-18H2,1H3. The van der Waals surface area contributed by atoms with Crippen LogP contribution in [0.4, 0.5) is 11.8 Å². The molecule has 0 spiro atoms. The largest absolute Gasteiger partial charge is 0.378 e. The van der Waals surface area contributed by atoms with Crippen LogP contribution >= 0.6 is 11.8 Å². The Labute approximate surface area is 203 Å². The maximum atomic E-state index is 13.0. The predicted octanol–water partition coefficient (Wildman–Crippen LogP) is 2.25. The SMILES string of the molecule is Cc1ccc(-n2c(SCC(=O)N3CCN(c4ccccn4)CC3)nnc2N2CCOCC2)cc1. The normalized spacial score (nSPS) is 16.7. The number of hydrogen-bond acceptors (Lipinski definition) is 8. The highest BCUT2D eigenvalue weighted by Crippen LogP contribution is 2.28. The van der Waals surface area contributed by atoms with Gasteiger partial charge < -0.3 is 19.4 Å². The van der Waals surface area contributed by atoms with Gasteiger partial charge in [0.2, 0.25) is 11.9 Å². The van der Waals surface area contributed by atoms with Crippen LogP contribution in [0.1, 0.15) is 5.56 Å². The lowest BCUT2D eigenvalue weighted by molar-refractivity contribution is -0.128. The van der Waals surface area contributed by atoms with Crippen LogP contribution in [0.5, 0.6) is 0 Å². The van der Waals surface area contributed by atoms with Gasteiger partial charge in [0.1, 0.15) is 5.82 Å². The Morgan fingerprint density at radius 3 is 2.41 bits per heavy atom. The molecule has 2 aromatic heterocycles. The molecule has 2 aliphatic heterocycles. The number of morpholine rings is 1. The number of aryl methyl sites for hydroxylation is 1. The zero-order chi connectivity index (χ0) is 23.3. The van der Waals surface area contributed by atoms with Crippen molar-refractivity contribution in [1.82, 2.24) is 24.6 Å². The third-order valence-corrected chi connectivity index (χ3v) is 7.05. The van der Waals surface area contributed by atoms with Crippen LogP contribution in [-0.4, -0.2) is 88.8 Å². The molecule has 0 atom stereocenters. The van der Waals surface area contributed by atoms with Crippen LogP contribution in [0.15, 0.2) is 53.8 Å². The first-order chi connectivity index (χ1) is 16.7. The van der Waals surface area contributed by atoms with E-state index in [1.807, 2.05) is 23.1 Å². The fourth-order valence-corrected chi connectivity index (χ4v) is 5.04. The summed E-state index contributed by atoms with van der Waals surface area (Å²) >= 11 is 1.44. The van der Waals surface area contributed by atoms with Gasteiger partial charge >= 0.3 is 0 Å². The maximum Gasteiger partial charge on any atom is 0.233 e. The number of ether oxygens (including phenoxy) is 1. The number of pyridine rings is 1. The van der Waals surface area contributed by atoms with E-state index in [1.165, 1.54) is 17.3 Å². The van der Waals surface area contributed by atoms with Crippen molar-refractivity contribution in [2.75, 3.05) is 68.0 Å². The molecule has 34 heavy (non-hydrogen) atoms. The molecule has 0 unspecified atom stereocenters. The minimum Gasteiger partial charge on any atom is -0.378 e. The highest BCUT2D eigenvalue weighted by molar-refractivity contribution is 7.99. The lowest BCUT2D eigenvalue weighted by Crippen LogP contribution is -2.49. The average Bonchev–Trinajstić information content (AvgIpc) is 3.33. The summed E-state index contributed by atoms with van der Waals surface area (Å²) in [6.45, 7) is 7.92. The van der Waals surface area contributed by atoms with Gasteiger partial charge in [-0.15, -0.1) is 10.2 Å². The van der Waals surface area contributed by atoms with Gasteiger partial charge in [-0.3, -0.25) is 9.36 Å². The fourth-order valence-electron chi connectivity index (χ4n) is 4.19. The third kappa shape index (κ3) is 5.02. The average molecular weight is 480 g/mol. The molecule has 0 bridgehead atoms. The number of piperazine rings is 1. The molecule has 2 aliphatic rings. The lowest BCUT2D eigenvalue weighted by atomic mass is 10.2. The van der Waals surface area contributed by atoms with Gasteiger partial charge in [-0.2, -0.15) is 0 Å². The van der Waals surface area contributed by atoms with E-state index in [4.69, 9.17) is 4.74 Å². The summed E-state index contributed by atoms with van der Waals surface area (Å²) in [6, 6.07) is 14.2. The number of thioether (sulfide) groups is 1. The Kier molecular flexibility index (Phi) is 6.96. The third-order valence-electron chi connectivity index (χ3n) is 6.13. The van der Waals surface area contributed by atoms with Gasteiger partial charge in [0.25, 0.3) is 0 Å². The van der Waals surface area contributed by atoms with Crippen molar-refractivity contribution in [2.24, 2.45) is 0 Å². The predicted molar refractivity (Wildman–Crippen MR) is 133 cm³/mol. The zero-order valence-electron chi connectivity index (χ0n) is 19.3. The van der Waals surface area contributed by atoms with Crippen molar-refractivity contribution < 1.29 is 9.53 Å². The van der Waals surface area contributed by atoms with Crippen molar-refractivity contribution in [1.29, 1.82) is 0 Å². The van der Waals surface area contributed by atoms with Crippen molar-refractivity contribution in [3.05, 3.63) is 54.2 Å². The minimum absolute atomic E-state index is 0.122. The topological polar surface area (TPSA) is 79.6 Å². The van der Waals surface area contributed by atoms with Gasteiger partial charge in [-0.25, -0.2) is 4.98 Å². The first-order valence-corrected chi connectivity index (χ1v) is 12.6. The number of aromatic nitrogens is 4. The van der Waals surface area contributed by atoms with E-state index in [9.17, 15) is 4.79 Å². The number of hydrogen-bond donors (Lipinski definition) is 0. The van der Waals surface area contributed by atoms with Crippen LogP contribution in [0.3, 0.4) is 0 Å². The van der Waals surface area contributed by atoms with Gasteiger partial charge in [-0.1, -0.05) is 35.5 Å². The van der Waals surface area contributed by atoms with E-state index < -0.39 is 0 Å². The maximum absolute atomic E-state index is 13.0.